The first-order valence-electron chi connectivity index (χ1n) is 6.39. The fourth-order valence-electron chi connectivity index (χ4n) is 2.49. The van der Waals surface area contributed by atoms with Crippen LogP contribution in [0.1, 0.15) is 28.7 Å². The second kappa shape index (κ2) is 5.02. The van der Waals surface area contributed by atoms with E-state index in [0.717, 1.165) is 40.3 Å². The molecule has 1 unspecified atom stereocenters. The Morgan fingerprint density at radius 3 is 2.95 bits per heavy atom. The molecule has 0 spiro atoms. The molecule has 0 amide bonds. The molecule has 3 nitrogen and oxygen atoms in total. The lowest BCUT2D eigenvalue weighted by atomic mass is 10.0. The summed E-state index contributed by atoms with van der Waals surface area (Å²) in [6.45, 7) is 2.68. The first kappa shape index (κ1) is 12.8. The number of furan rings is 1. The monoisotopic (exact) mass is 321 g/mol. The predicted octanol–water partition coefficient (Wildman–Crippen LogP) is 3.53. The number of fused-ring (bicyclic) bond motifs is 1. The maximum absolute atomic E-state index is 6.22. The van der Waals surface area contributed by atoms with Crippen LogP contribution in [0.3, 0.4) is 0 Å². The molecule has 0 saturated carbocycles. The van der Waals surface area contributed by atoms with E-state index < -0.39 is 0 Å². The summed E-state index contributed by atoms with van der Waals surface area (Å²) in [5.74, 6) is 2.72. The molecular weight excluding hydrogens is 306 g/mol. The van der Waals surface area contributed by atoms with Crippen LogP contribution in [-0.2, 0) is 12.8 Å². The average Bonchev–Trinajstić information content (AvgIpc) is 2.97. The maximum Gasteiger partial charge on any atom is 0.125 e. The number of aryl methyl sites for hydroxylation is 1. The van der Waals surface area contributed by atoms with Gasteiger partial charge in [-0.05, 0) is 48.7 Å². The number of hydrogen-bond acceptors (Lipinski definition) is 3. The zero-order valence-electron chi connectivity index (χ0n) is 10.8. The quantitative estimate of drug-likeness (QED) is 0.940. The van der Waals surface area contributed by atoms with Crippen LogP contribution in [0, 0.1) is 6.92 Å². The molecule has 1 atom stereocenters. The Bertz CT molecular complexity index is 606. The van der Waals surface area contributed by atoms with Crippen molar-refractivity contribution in [1.82, 2.24) is 0 Å². The van der Waals surface area contributed by atoms with E-state index in [0.29, 0.717) is 6.42 Å². The first-order chi connectivity index (χ1) is 9.13. The van der Waals surface area contributed by atoms with Crippen LogP contribution >= 0.6 is 15.9 Å². The molecule has 2 N–H and O–H groups in total. The summed E-state index contributed by atoms with van der Waals surface area (Å²) in [5.41, 5.74) is 8.62. The lowest BCUT2D eigenvalue weighted by Gasteiger charge is -2.13. The number of benzene rings is 1. The van der Waals surface area contributed by atoms with Gasteiger partial charge in [-0.3, -0.25) is 0 Å². The van der Waals surface area contributed by atoms with Crippen LogP contribution < -0.4 is 10.5 Å². The highest BCUT2D eigenvalue weighted by atomic mass is 79.9. The first-order valence-corrected chi connectivity index (χ1v) is 7.19. The van der Waals surface area contributed by atoms with Crippen LogP contribution in [-0.4, -0.2) is 6.61 Å². The zero-order chi connectivity index (χ0) is 13.4. The van der Waals surface area contributed by atoms with Crippen molar-refractivity contribution in [2.45, 2.75) is 25.8 Å². The van der Waals surface area contributed by atoms with Crippen molar-refractivity contribution in [3.63, 3.8) is 0 Å². The van der Waals surface area contributed by atoms with Gasteiger partial charge in [-0.25, -0.2) is 0 Å². The molecule has 1 aliphatic rings. The molecule has 100 valence electrons. The molecule has 0 bridgehead atoms. The van der Waals surface area contributed by atoms with Crippen molar-refractivity contribution >= 4 is 15.9 Å². The Kier molecular flexibility index (Phi) is 3.37. The van der Waals surface area contributed by atoms with Crippen molar-refractivity contribution in [1.29, 1.82) is 0 Å². The Morgan fingerprint density at radius 2 is 2.21 bits per heavy atom. The summed E-state index contributed by atoms with van der Waals surface area (Å²) in [7, 11) is 0. The molecule has 2 aromatic rings. The molecule has 4 heteroatoms. The van der Waals surface area contributed by atoms with E-state index in [9.17, 15) is 0 Å². The van der Waals surface area contributed by atoms with E-state index >= 15 is 0 Å². The van der Waals surface area contributed by atoms with Gasteiger partial charge in [0.25, 0.3) is 0 Å². The normalized spacial score (nSPS) is 15.1. The second-order valence-electron chi connectivity index (χ2n) is 4.91. The minimum absolute atomic E-state index is 0.142. The highest BCUT2D eigenvalue weighted by Crippen LogP contribution is 2.35. The van der Waals surface area contributed by atoms with Gasteiger partial charge in [-0.15, -0.1) is 0 Å². The molecule has 1 aromatic heterocycles. The van der Waals surface area contributed by atoms with E-state index in [1.807, 2.05) is 19.1 Å². The summed E-state index contributed by atoms with van der Waals surface area (Å²) in [5, 5.41) is 0. The van der Waals surface area contributed by atoms with E-state index in [4.69, 9.17) is 14.9 Å². The van der Waals surface area contributed by atoms with Gasteiger partial charge in [0.05, 0.1) is 12.6 Å². The smallest absolute Gasteiger partial charge is 0.125 e. The molecule has 0 radical (unpaired) electrons. The largest absolute Gasteiger partial charge is 0.493 e. The van der Waals surface area contributed by atoms with Gasteiger partial charge in [0.1, 0.15) is 17.3 Å². The fraction of sp³-hybridized carbons (Fsp3) is 0.333. The zero-order valence-corrected chi connectivity index (χ0v) is 12.4. The van der Waals surface area contributed by atoms with E-state index in [1.165, 1.54) is 5.56 Å². The van der Waals surface area contributed by atoms with E-state index in [2.05, 4.69) is 28.1 Å². The van der Waals surface area contributed by atoms with E-state index in [-0.39, 0.29) is 6.04 Å². The lowest BCUT2D eigenvalue weighted by Crippen LogP contribution is -2.13. The van der Waals surface area contributed by atoms with Gasteiger partial charge in [0.2, 0.25) is 0 Å². The second-order valence-corrected chi connectivity index (χ2v) is 5.83. The summed E-state index contributed by atoms with van der Waals surface area (Å²) in [4.78, 5) is 0. The third kappa shape index (κ3) is 2.55. The van der Waals surface area contributed by atoms with Crippen LogP contribution in [0.15, 0.2) is 33.2 Å². The van der Waals surface area contributed by atoms with Crippen molar-refractivity contribution in [3.8, 4) is 5.75 Å². The van der Waals surface area contributed by atoms with Crippen molar-refractivity contribution in [2.24, 2.45) is 5.73 Å². The van der Waals surface area contributed by atoms with Gasteiger partial charge in [-0.1, -0.05) is 15.9 Å². The molecule has 1 aliphatic heterocycles. The Balaban J connectivity index is 1.87. The van der Waals surface area contributed by atoms with Crippen molar-refractivity contribution in [2.75, 3.05) is 6.61 Å². The van der Waals surface area contributed by atoms with Gasteiger partial charge < -0.3 is 14.9 Å². The molecule has 0 saturated heterocycles. The van der Waals surface area contributed by atoms with Gasteiger partial charge in [0.15, 0.2) is 0 Å². The molecular formula is C15H16BrNO2. The molecule has 0 aliphatic carbocycles. The number of rotatable bonds is 3. The highest BCUT2D eigenvalue weighted by molar-refractivity contribution is 9.10. The number of halogens is 1. The highest BCUT2D eigenvalue weighted by Gasteiger charge is 2.20. The standard InChI is InChI=1S/C15H16BrNO2/c1-9-2-3-14(19-9)13(17)8-11-7-12(16)6-10-4-5-18-15(10)11/h2-3,6-7,13H,4-5,8,17H2,1H3. The predicted molar refractivity (Wildman–Crippen MR) is 77.4 cm³/mol. The average molecular weight is 322 g/mol. The minimum Gasteiger partial charge on any atom is -0.493 e. The molecule has 19 heavy (non-hydrogen) atoms. The lowest BCUT2D eigenvalue weighted by molar-refractivity contribution is 0.351. The molecule has 2 heterocycles. The fourth-order valence-corrected chi connectivity index (χ4v) is 3.04. The van der Waals surface area contributed by atoms with Gasteiger partial charge in [-0.2, -0.15) is 0 Å². The van der Waals surface area contributed by atoms with E-state index in [1.54, 1.807) is 0 Å². The number of hydrogen-bond donors (Lipinski definition) is 1. The topological polar surface area (TPSA) is 48.4 Å². The summed E-state index contributed by atoms with van der Waals surface area (Å²) >= 11 is 3.55. The Morgan fingerprint density at radius 1 is 1.37 bits per heavy atom. The third-order valence-corrected chi connectivity index (χ3v) is 3.85. The number of ether oxygens (including phenoxy) is 1. The summed E-state index contributed by atoms with van der Waals surface area (Å²) in [6, 6.07) is 7.95. The van der Waals surface area contributed by atoms with Crippen molar-refractivity contribution in [3.05, 3.63) is 51.4 Å². The van der Waals surface area contributed by atoms with Gasteiger partial charge >= 0.3 is 0 Å². The Hall–Kier alpha value is -1.26. The molecule has 0 fully saturated rings. The van der Waals surface area contributed by atoms with Crippen molar-refractivity contribution < 1.29 is 9.15 Å². The maximum atomic E-state index is 6.22. The SMILES string of the molecule is Cc1ccc(C(N)Cc2cc(Br)cc3c2OCC3)o1. The van der Waals surface area contributed by atoms with Crippen LogP contribution in [0.5, 0.6) is 5.75 Å². The third-order valence-electron chi connectivity index (χ3n) is 3.39. The van der Waals surface area contributed by atoms with Gasteiger partial charge in [0, 0.05) is 10.9 Å². The van der Waals surface area contributed by atoms with Crippen LogP contribution in [0.4, 0.5) is 0 Å². The van der Waals surface area contributed by atoms with Crippen LogP contribution in [0.25, 0.3) is 0 Å². The minimum atomic E-state index is -0.142. The number of nitrogens with two attached hydrogens (primary N) is 1. The molecule has 1 aromatic carbocycles. The summed E-state index contributed by atoms with van der Waals surface area (Å²) in [6.07, 6.45) is 1.69. The summed E-state index contributed by atoms with van der Waals surface area (Å²) < 4.78 is 12.4. The van der Waals surface area contributed by atoms with Crippen LogP contribution in [0.2, 0.25) is 0 Å². The molecule has 3 rings (SSSR count). The Labute approximate surface area is 120 Å².